The topological polar surface area (TPSA) is 135 Å². The molecule has 0 aliphatic heterocycles. The first-order chi connectivity index (χ1) is 18.6. The number of aliphatic hydroxyl groups is 1. The van der Waals surface area contributed by atoms with Gasteiger partial charge >= 0.3 is 10.5 Å². The Hall–Kier alpha value is -4.61. The summed E-state index contributed by atoms with van der Waals surface area (Å²) in [4.78, 5) is 29.6. The SMILES string of the molecule is Cc1c(NC(=O)c2ccc(OS(=O)(=O)F)cc2)cccc1-c1cccc(NC(=O)c2ccc(CO)cn2)c1C. The molecule has 2 amide bonds. The van der Waals surface area contributed by atoms with Crippen molar-refractivity contribution in [3.8, 4) is 16.9 Å². The lowest BCUT2D eigenvalue weighted by Crippen LogP contribution is -2.15. The molecule has 1 heterocycles. The largest absolute Gasteiger partial charge is 0.488 e. The first-order valence-electron chi connectivity index (χ1n) is 11.7. The maximum Gasteiger partial charge on any atom is 0.488 e. The molecule has 0 atom stereocenters. The average molecular weight is 550 g/mol. The summed E-state index contributed by atoms with van der Waals surface area (Å²) in [5, 5.41) is 14.9. The van der Waals surface area contributed by atoms with Gasteiger partial charge in [-0.3, -0.25) is 14.6 Å². The Bertz CT molecular complexity index is 1640. The number of aromatic nitrogens is 1. The third-order valence-electron chi connectivity index (χ3n) is 6.01. The van der Waals surface area contributed by atoms with E-state index in [-0.39, 0.29) is 23.6 Å². The molecule has 3 N–H and O–H groups in total. The summed E-state index contributed by atoms with van der Waals surface area (Å²) in [6.45, 7) is 3.56. The minimum Gasteiger partial charge on any atom is -0.392 e. The highest BCUT2D eigenvalue weighted by Crippen LogP contribution is 2.34. The smallest absolute Gasteiger partial charge is 0.392 e. The van der Waals surface area contributed by atoms with Crippen molar-refractivity contribution in [3.05, 3.63) is 107 Å². The van der Waals surface area contributed by atoms with E-state index >= 15 is 0 Å². The molecule has 0 bridgehead atoms. The van der Waals surface area contributed by atoms with E-state index in [9.17, 15) is 27.0 Å². The van der Waals surface area contributed by atoms with Crippen molar-refractivity contribution in [1.82, 2.24) is 4.98 Å². The second-order valence-electron chi connectivity index (χ2n) is 8.58. The highest BCUT2D eigenvalue weighted by molar-refractivity contribution is 7.81. The van der Waals surface area contributed by atoms with Gasteiger partial charge in [0.1, 0.15) is 11.4 Å². The Morgan fingerprint density at radius 1 is 0.846 bits per heavy atom. The molecule has 0 spiro atoms. The number of benzene rings is 3. The van der Waals surface area contributed by atoms with Gasteiger partial charge in [0, 0.05) is 23.1 Å². The van der Waals surface area contributed by atoms with Crippen LogP contribution in [0.1, 0.15) is 37.5 Å². The van der Waals surface area contributed by atoms with Crippen molar-refractivity contribution in [3.63, 3.8) is 0 Å². The number of amides is 2. The van der Waals surface area contributed by atoms with Crippen molar-refractivity contribution in [2.24, 2.45) is 0 Å². The Kier molecular flexibility index (Phi) is 8.03. The van der Waals surface area contributed by atoms with Gasteiger partial charge in [-0.2, -0.15) is 8.42 Å². The Morgan fingerprint density at radius 2 is 1.41 bits per heavy atom. The van der Waals surface area contributed by atoms with Crippen molar-refractivity contribution in [1.29, 1.82) is 0 Å². The lowest BCUT2D eigenvalue weighted by atomic mass is 9.94. The number of anilines is 2. The van der Waals surface area contributed by atoms with Crippen molar-refractivity contribution in [2.75, 3.05) is 10.6 Å². The maximum absolute atomic E-state index is 12.8. The Morgan fingerprint density at radius 3 is 1.90 bits per heavy atom. The van der Waals surface area contributed by atoms with Crippen LogP contribution in [0.4, 0.5) is 15.3 Å². The molecule has 3 aromatic carbocycles. The van der Waals surface area contributed by atoms with Crippen LogP contribution in [0.5, 0.6) is 5.75 Å². The second kappa shape index (κ2) is 11.4. The fraction of sp³-hybridized carbons (Fsp3) is 0.107. The fourth-order valence-electron chi connectivity index (χ4n) is 3.94. The van der Waals surface area contributed by atoms with E-state index in [4.69, 9.17) is 0 Å². The number of aliphatic hydroxyl groups excluding tert-OH is 1. The van der Waals surface area contributed by atoms with E-state index in [0.29, 0.717) is 16.9 Å². The summed E-state index contributed by atoms with van der Waals surface area (Å²) in [5.41, 5.74) is 5.44. The zero-order valence-electron chi connectivity index (χ0n) is 20.9. The number of halogens is 1. The van der Waals surface area contributed by atoms with E-state index < -0.39 is 22.3 Å². The van der Waals surface area contributed by atoms with Gasteiger partial charge in [0.25, 0.3) is 11.8 Å². The molecule has 0 saturated carbocycles. The van der Waals surface area contributed by atoms with Gasteiger partial charge in [0.05, 0.1) is 6.61 Å². The third kappa shape index (κ3) is 6.64. The quantitative estimate of drug-likeness (QED) is 0.265. The number of hydrogen-bond donors (Lipinski definition) is 3. The van der Waals surface area contributed by atoms with Crippen molar-refractivity contribution < 1.29 is 31.2 Å². The van der Waals surface area contributed by atoms with Gasteiger partial charge in [-0.1, -0.05) is 34.2 Å². The molecule has 0 saturated heterocycles. The minimum absolute atomic E-state index is 0.164. The van der Waals surface area contributed by atoms with Crippen LogP contribution in [-0.2, 0) is 17.1 Å². The average Bonchev–Trinajstić information content (AvgIpc) is 2.91. The zero-order valence-corrected chi connectivity index (χ0v) is 21.8. The molecule has 11 heteroatoms. The fourth-order valence-corrected chi connectivity index (χ4v) is 4.28. The molecule has 4 aromatic rings. The lowest BCUT2D eigenvalue weighted by Gasteiger charge is -2.17. The summed E-state index contributed by atoms with van der Waals surface area (Å²) in [6.07, 6.45) is 1.44. The van der Waals surface area contributed by atoms with Crippen LogP contribution < -0.4 is 14.8 Å². The molecule has 9 nitrogen and oxygen atoms in total. The summed E-state index contributed by atoms with van der Waals surface area (Å²) >= 11 is 0. The molecular formula is C28H24FN3O6S. The summed E-state index contributed by atoms with van der Waals surface area (Å²) in [7, 11) is -5.16. The summed E-state index contributed by atoms with van der Waals surface area (Å²) < 4.78 is 38.1. The van der Waals surface area contributed by atoms with Crippen molar-refractivity contribution in [2.45, 2.75) is 20.5 Å². The van der Waals surface area contributed by atoms with Gasteiger partial charge in [0.15, 0.2) is 0 Å². The van der Waals surface area contributed by atoms with Crippen LogP contribution >= 0.6 is 0 Å². The normalized spacial score (nSPS) is 11.1. The predicted molar refractivity (Wildman–Crippen MR) is 145 cm³/mol. The Labute approximate surface area is 224 Å². The molecule has 0 aliphatic rings. The molecule has 0 radical (unpaired) electrons. The molecular weight excluding hydrogens is 525 g/mol. The number of nitrogens with one attached hydrogen (secondary N) is 2. The first-order valence-corrected chi connectivity index (χ1v) is 13.0. The maximum atomic E-state index is 12.8. The van der Waals surface area contributed by atoms with Crippen LogP contribution in [-0.4, -0.2) is 30.3 Å². The number of carbonyl (C=O) groups excluding carboxylic acids is 2. The summed E-state index contributed by atoms with van der Waals surface area (Å²) in [5.74, 6) is -1.10. The first kappa shape index (κ1) is 27.4. The van der Waals surface area contributed by atoms with E-state index in [1.54, 1.807) is 30.3 Å². The number of nitrogens with zero attached hydrogens (tertiary/aromatic N) is 1. The zero-order chi connectivity index (χ0) is 28.2. The van der Waals surface area contributed by atoms with Crippen LogP contribution in [0, 0.1) is 13.8 Å². The molecule has 0 unspecified atom stereocenters. The van der Waals surface area contributed by atoms with Crippen LogP contribution in [0.3, 0.4) is 0 Å². The molecule has 0 aliphatic carbocycles. The summed E-state index contributed by atoms with van der Waals surface area (Å²) in [6, 6.07) is 19.1. The standard InChI is InChI=1S/C28H24FN3O6S/c1-17-22(5-3-7-24(17)31-27(34)20-10-12-21(13-11-20)38-39(29,36)37)23-6-4-8-25(18(23)2)32-28(35)26-14-9-19(16-33)15-30-26/h3-15,33H,16H2,1-2H3,(H,31,34)(H,32,35). The van der Waals surface area contributed by atoms with Crippen LogP contribution in [0.2, 0.25) is 0 Å². The van der Waals surface area contributed by atoms with Gasteiger partial charge < -0.3 is 19.9 Å². The van der Waals surface area contributed by atoms with E-state index in [1.165, 1.54) is 30.5 Å². The highest BCUT2D eigenvalue weighted by atomic mass is 32.3. The molecule has 0 fully saturated rings. The molecule has 1 aromatic heterocycles. The predicted octanol–water partition coefficient (Wildman–Crippen LogP) is 4.96. The van der Waals surface area contributed by atoms with Gasteiger partial charge in [-0.15, -0.1) is 0 Å². The number of carbonyl (C=O) groups is 2. The molecule has 4 rings (SSSR count). The van der Waals surface area contributed by atoms with Crippen molar-refractivity contribution >= 4 is 33.7 Å². The highest BCUT2D eigenvalue weighted by Gasteiger charge is 2.16. The van der Waals surface area contributed by atoms with Crippen LogP contribution in [0.15, 0.2) is 79.0 Å². The molecule has 39 heavy (non-hydrogen) atoms. The minimum atomic E-state index is -5.16. The number of pyridine rings is 1. The van der Waals surface area contributed by atoms with Gasteiger partial charge in [-0.25, -0.2) is 0 Å². The molecule has 200 valence electrons. The van der Waals surface area contributed by atoms with Gasteiger partial charge in [-0.05, 0) is 84.1 Å². The number of rotatable bonds is 8. The lowest BCUT2D eigenvalue weighted by molar-refractivity contribution is 0.101. The monoisotopic (exact) mass is 549 g/mol. The second-order valence-corrected chi connectivity index (χ2v) is 9.53. The van der Waals surface area contributed by atoms with E-state index in [1.807, 2.05) is 32.0 Å². The van der Waals surface area contributed by atoms with E-state index in [0.717, 1.165) is 22.3 Å². The Balaban J connectivity index is 1.55. The van der Waals surface area contributed by atoms with Gasteiger partial charge in [0.2, 0.25) is 0 Å². The number of hydrogen-bond acceptors (Lipinski definition) is 7. The van der Waals surface area contributed by atoms with Crippen LogP contribution in [0.25, 0.3) is 11.1 Å². The third-order valence-corrected chi connectivity index (χ3v) is 6.40. The van der Waals surface area contributed by atoms with E-state index in [2.05, 4.69) is 19.8 Å².